The van der Waals surface area contributed by atoms with Crippen molar-refractivity contribution in [3.05, 3.63) is 42.5 Å². The fourth-order valence-corrected chi connectivity index (χ4v) is 2.98. The van der Waals surface area contributed by atoms with Gasteiger partial charge in [-0.25, -0.2) is 4.39 Å². The van der Waals surface area contributed by atoms with Gasteiger partial charge in [-0.2, -0.15) is 26.3 Å². The molecule has 110 valence electrons. The summed E-state index contributed by atoms with van der Waals surface area (Å²) in [5.74, 6) is -16.4. The number of benzene rings is 1. The van der Waals surface area contributed by atoms with E-state index < -0.39 is 37.8 Å². The van der Waals surface area contributed by atoms with Gasteiger partial charge in [-0.3, -0.25) is 0 Å². The molecule has 0 aliphatic heterocycles. The molecule has 0 saturated carbocycles. The lowest BCUT2D eigenvalue weighted by atomic mass is 9.93. The zero-order valence-corrected chi connectivity index (χ0v) is 10.7. The SMILES string of the molecule is FC1(F)C=CC(F)(Pc2ccccc2)C(F)(F)C1(F)F. The van der Waals surface area contributed by atoms with E-state index in [1.54, 1.807) is 0 Å². The van der Waals surface area contributed by atoms with E-state index in [1.807, 2.05) is 0 Å². The lowest BCUT2D eigenvalue weighted by molar-refractivity contribution is -0.317. The van der Waals surface area contributed by atoms with Gasteiger partial charge in [0.05, 0.1) is 0 Å². The quantitative estimate of drug-likeness (QED) is 0.437. The molecule has 0 radical (unpaired) electrons. The number of hydrogen-bond acceptors (Lipinski definition) is 0. The zero-order chi connectivity index (χ0) is 15.2. The first-order valence-electron chi connectivity index (χ1n) is 5.39. The molecular formula is C12H8F7P. The highest BCUT2D eigenvalue weighted by molar-refractivity contribution is 7.49. The third-order valence-corrected chi connectivity index (χ3v) is 4.36. The molecule has 0 heterocycles. The third kappa shape index (κ3) is 2.03. The molecule has 8 heteroatoms. The summed E-state index contributed by atoms with van der Waals surface area (Å²) < 4.78 is 93.5. The number of allylic oxidation sites excluding steroid dienone is 2. The number of rotatable bonds is 2. The Bertz CT molecular complexity index is 526. The Morgan fingerprint density at radius 2 is 1.25 bits per heavy atom. The first kappa shape index (κ1) is 15.3. The molecular weight excluding hydrogens is 308 g/mol. The van der Waals surface area contributed by atoms with Crippen LogP contribution in [0.25, 0.3) is 0 Å². The van der Waals surface area contributed by atoms with Gasteiger partial charge in [0.1, 0.15) is 0 Å². The maximum Gasteiger partial charge on any atom is 0.379 e. The average molecular weight is 316 g/mol. The van der Waals surface area contributed by atoms with E-state index in [-0.39, 0.29) is 11.4 Å². The lowest BCUT2D eigenvalue weighted by Crippen LogP contribution is -2.64. The molecule has 2 unspecified atom stereocenters. The molecule has 1 aromatic rings. The minimum atomic E-state index is -5.79. The van der Waals surface area contributed by atoms with Crippen molar-refractivity contribution in [3.63, 3.8) is 0 Å². The molecule has 1 aliphatic carbocycles. The van der Waals surface area contributed by atoms with Gasteiger partial charge in [0.25, 0.3) is 0 Å². The Hall–Kier alpha value is -1.10. The van der Waals surface area contributed by atoms with Crippen molar-refractivity contribution in [2.24, 2.45) is 0 Å². The Kier molecular flexibility index (Phi) is 3.40. The average Bonchev–Trinajstić information content (AvgIpc) is 2.36. The van der Waals surface area contributed by atoms with Crippen LogP contribution >= 0.6 is 8.58 Å². The summed E-state index contributed by atoms with van der Waals surface area (Å²) in [4.78, 5) is 0. The second-order valence-electron chi connectivity index (χ2n) is 4.31. The van der Waals surface area contributed by atoms with Gasteiger partial charge in [-0.1, -0.05) is 30.3 Å². The topological polar surface area (TPSA) is 0 Å². The van der Waals surface area contributed by atoms with E-state index in [0.29, 0.717) is 0 Å². The molecule has 0 fully saturated rings. The minimum Gasteiger partial charge on any atom is -0.227 e. The van der Waals surface area contributed by atoms with Crippen LogP contribution in [0.3, 0.4) is 0 Å². The van der Waals surface area contributed by atoms with Crippen molar-refractivity contribution in [2.45, 2.75) is 23.2 Å². The molecule has 2 rings (SSSR count). The van der Waals surface area contributed by atoms with Crippen LogP contribution in [-0.2, 0) is 0 Å². The van der Waals surface area contributed by atoms with Gasteiger partial charge >= 0.3 is 17.8 Å². The van der Waals surface area contributed by atoms with Crippen LogP contribution in [0.4, 0.5) is 30.7 Å². The third-order valence-electron chi connectivity index (χ3n) is 2.89. The molecule has 0 bridgehead atoms. The van der Waals surface area contributed by atoms with Crippen LogP contribution in [0.2, 0.25) is 0 Å². The molecule has 2 atom stereocenters. The van der Waals surface area contributed by atoms with Crippen LogP contribution < -0.4 is 5.30 Å². The first-order valence-corrected chi connectivity index (χ1v) is 6.39. The molecule has 1 aromatic carbocycles. The predicted molar refractivity (Wildman–Crippen MR) is 62.2 cm³/mol. The molecule has 0 nitrogen and oxygen atoms in total. The predicted octanol–water partition coefficient (Wildman–Crippen LogP) is 4.13. The van der Waals surface area contributed by atoms with E-state index in [2.05, 4.69) is 0 Å². The standard InChI is InChI=1S/C12H8F7P/c13-9(14)6-7-10(15,12(18,19)11(9,16)17)20-8-4-2-1-3-5-8/h1-7,20H. The van der Waals surface area contributed by atoms with E-state index in [1.165, 1.54) is 30.3 Å². The van der Waals surface area contributed by atoms with Crippen LogP contribution in [0, 0.1) is 0 Å². The van der Waals surface area contributed by atoms with Gasteiger partial charge in [-0.05, 0) is 26.0 Å². The lowest BCUT2D eigenvalue weighted by Gasteiger charge is -2.42. The molecule has 0 aromatic heterocycles. The van der Waals surface area contributed by atoms with Crippen LogP contribution in [-0.4, -0.2) is 23.2 Å². The summed E-state index contributed by atoms with van der Waals surface area (Å²) in [5.41, 5.74) is 0. The summed E-state index contributed by atoms with van der Waals surface area (Å²) in [7, 11) is -1.42. The molecule has 0 saturated heterocycles. The van der Waals surface area contributed by atoms with E-state index in [0.717, 1.165) is 0 Å². The van der Waals surface area contributed by atoms with Crippen LogP contribution in [0.15, 0.2) is 42.5 Å². The van der Waals surface area contributed by atoms with Crippen molar-refractivity contribution in [1.82, 2.24) is 0 Å². The van der Waals surface area contributed by atoms with Crippen LogP contribution in [0.1, 0.15) is 0 Å². The highest BCUT2D eigenvalue weighted by Crippen LogP contribution is 2.60. The van der Waals surface area contributed by atoms with E-state index in [4.69, 9.17) is 0 Å². The van der Waals surface area contributed by atoms with Gasteiger partial charge in [-0.15, -0.1) is 0 Å². The van der Waals surface area contributed by atoms with Crippen molar-refractivity contribution >= 4 is 13.9 Å². The smallest absolute Gasteiger partial charge is 0.227 e. The Balaban J connectivity index is 2.46. The van der Waals surface area contributed by atoms with Crippen LogP contribution in [0.5, 0.6) is 0 Å². The Morgan fingerprint density at radius 3 is 1.80 bits per heavy atom. The van der Waals surface area contributed by atoms with Crippen molar-refractivity contribution < 1.29 is 30.7 Å². The van der Waals surface area contributed by atoms with E-state index >= 15 is 0 Å². The monoisotopic (exact) mass is 316 g/mol. The summed E-state index contributed by atoms with van der Waals surface area (Å²) >= 11 is 0. The Morgan fingerprint density at radius 1 is 0.700 bits per heavy atom. The summed E-state index contributed by atoms with van der Waals surface area (Å²) in [6.45, 7) is 0. The molecule has 0 N–H and O–H groups in total. The summed E-state index contributed by atoms with van der Waals surface area (Å²) in [5, 5.41) is -3.82. The van der Waals surface area contributed by atoms with Gasteiger partial charge in [0, 0.05) is 0 Å². The van der Waals surface area contributed by atoms with E-state index in [9.17, 15) is 30.7 Å². The number of alkyl halides is 7. The maximum atomic E-state index is 14.2. The fraction of sp³-hybridized carbons (Fsp3) is 0.333. The second-order valence-corrected chi connectivity index (χ2v) is 5.86. The number of halogens is 7. The molecule has 0 amide bonds. The fourth-order valence-electron chi connectivity index (χ4n) is 1.72. The van der Waals surface area contributed by atoms with Crippen molar-refractivity contribution in [1.29, 1.82) is 0 Å². The Labute approximate surface area is 111 Å². The number of hydrogen-bond donors (Lipinski definition) is 0. The minimum absolute atomic E-state index is 0.0281. The first-order chi connectivity index (χ1) is 9.04. The normalized spacial score (nSPS) is 30.8. The van der Waals surface area contributed by atoms with Crippen molar-refractivity contribution in [3.8, 4) is 0 Å². The largest absolute Gasteiger partial charge is 0.379 e. The molecule has 1 aliphatic rings. The second kappa shape index (κ2) is 4.45. The molecule has 0 spiro atoms. The van der Waals surface area contributed by atoms with Crippen molar-refractivity contribution in [2.75, 3.05) is 0 Å². The van der Waals surface area contributed by atoms with Gasteiger partial charge in [0.2, 0.25) is 5.41 Å². The summed E-state index contributed by atoms with van der Waals surface area (Å²) in [6.07, 6.45) is -0.643. The highest BCUT2D eigenvalue weighted by atomic mass is 31.1. The highest BCUT2D eigenvalue weighted by Gasteiger charge is 2.80. The zero-order valence-electron chi connectivity index (χ0n) is 9.69. The van der Waals surface area contributed by atoms with Gasteiger partial charge in [0.15, 0.2) is 0 Å². The molecule has 20 heavy (non-hydrogen) atoms. The van der Waals surface area contributed by atoms with Gasteiger partial charge < -0.3 is 0 Å². The maximum absolute atomic E-state index is 14.2. The summed E-state index contributed by atoms with van der Waals surface area (Å²) in [6, 6.07) is 6.85.